The minimum absolute atomic E-state index is 0.0423. The maximum Gasteiger partial charge on any atom is 0.331 e. The fourth-order valence-corrected chi connectivity index (χ4v) is 2.66. The zero-order valence-corrected chi connectivity index (χ0v) is 10.3. The molecule has 88 valence electrons. The first-order valence-electron chi connectivity index (χ1n) is 5.81. The predicted molar refractivity (Wildman–Crippen MR) is 59.8 cm³/mol. The molecule has 0 bridgehead atoms. The standard InChI is InChI=1S/C12H23NO2/c1-5-8-11(2,3)12(4,9-6-7-9)10(14)15-13/h9H,5-8,13H2,1-4H3. The van der Waals surface area contributed by atoms with E-state index in [1.165, 1.54) is 0 Å². The van der Waals surface area contributed by atoms with E-state index in [1.54, 1.807) is 0 Å². The Morgan fingerprint density at radius 2 is 1.93 bits per heavy atom. The molecule has 1 aliphatic carbocycles. The molecule has 2 N–H and O–H groups in total. The Labute approximate surface area is 92.3 Å². The van der Waals surface area contributed by atoms with Crippen molar-refractivity contribution < 1.29 is 9.63 Å². The second kappa shape index (κ2) is 4.12. The first-order valence-corrected chi connectivity index (χ1v) is 5.81. The van der Waals surface area contributed by atoms with Gasteiger partial charge < -0.3 is 4.84 Å². The molecule has 15 heavy (non-hydrogen) atoms. The van der Waals surface area contributed by atoms with Crippen molar-refractivity contribution >= 4 is 5.97 Å². The first kappa shape index (κ1) is 12.5. The van der Waals surface area contributed by atoms with E-state index in [2.05, 4.69) is 25.6 Å². The Hall–Kier alpha value is -0.570. The molecule has 3 heteroatoms. The van der Waals surface area contributed by atoms with Crippen LogP contribution in [0.2, 0.25) is 0 Å². The number of hydrogen-bond donors (Lipinski definition) is 1. The summed E-state index contributed by atoms with van der Waals surface area (Å²) in [5.41, 5.74) is -0.461. The van der Waals surface area contributed by atoms with Gasteiger partial charge in [0, 0.05) is 0 Å². The van der Waals surface area contributed by atoms with Crippen molar-refractivity contribution in [3.05, 3.63) is 0 Å². The second-order valence-corrected chi connectivity index (χ2v) is 5.52. The molecule has 0 aromatic rings. The van der Waals surface area contributed by atoms with Gasteiger partial charge in [0.05, 0.1) is 5.41 Å². The van der Waals surface area contributed by atoms with E-state index in [1.807, 2.05) is 6.92 Å². The van der Waals surface area contributed by atoms with Gasteiger partial charge in [0.25, 0.3) is 0 Å². The predicted octanol–water partition coefficient (Wildman–Crippen LogP) is 2.65. The van der Waals surface area contributed by atoms with Crippen LogP contribution >= 0.6 is 0 Å². The Morgan fingerprint density at radius 3 is 2.27 bits per heavy atom. The molecule has 0 amide bonds. The van der Waals surface area contributed by atoms with Gasteiger partial charge in [0.2, 0.25) is 0 Å². The molecule has 3 nitrogen and oxygen atoms in total. The molecule has 0 spiro atoms. The van der Waals surface area contributed by atoms with Crippen molar-refractivity contribution in [2.45, 2.75) is 53.4 Å². The van der Waals surface area contributed by atoms with E-state index in [9.17, 15) is 4.79 Å². The average Bonchev–Trinajstić information content (AvgIpc) is 2.98. The van der Waals surface area contributed by atoms with Gasteiger partial charge >= 0.3 is 5.97 Å². The average molecular weight is 213 g/mol. The third-order valence-corrected chi connectivity index (χ3v) is 4.21. The number of nitrogens with two attached hydrogens (primary N) is 1. The van der Waals surface area contributed by atoms with Crippen molar-refractivity contribution in [1.29, 1.82) is 0 Å². The third kappa shape index (κ3) is 2.03. The SMILES string of the molecule is CCCC(C)(C)C(C)(C(=O)ON)C1CC1. The van der Waals surface area contributed by atoms with Crippen LogP contribution < -0.4 is 5.90 Å². The van der Waals surface area contributed by atoms with E-state index < -0.39 is 5.41 Å². The first-order chi connectivity index (χ1) is 6.90. The van der Waals surface area contributed by atoms with E-state index in [0.717, 1.165) is 25.7 Å². The lowest BCUT2D eigenvalue weighted by Gasteiger charge is -2.42. The van der Waals surface area contributed by atoms with Crippen molar-refractivity contribution in [2.24, 2.45) is 22.6 Å². The summed E-state index contributed by atoms with van der Waals surface area (Å²) in [6.07, 6.45) is 4.35. The Bertz CT molecular complexity index is 246. The van der Waals surface area contributed by atoms with E-state index in [0.29, 0.717) is 5.92 Å². The van der Waals surface area contributed by atoms with Crippen LogP contribution in [0.4, 0.5) is 0 Å². The van der Waals surface area contributed by atoms with Gasteiger partial charge in [-0.25, -0.2) is 4.79 Å². The molecule has 1 atom stereocenters. The van der Waals surface area contributed by atoms with Crippen molar-refractivity contribution in [2.75, 3.05) is 0 Å². The minimum Gasteiger partial charge on any atom is -0.373 e. The molecule has 1 fully saturated rings. The molecule has 1 aliphatic rings. The lowest BCUT2D eigenvalue weighted by Crippen LogP contribution is -2.46. The number of hydrogen-bond acceptors (Lipinski definition) is 3. The molecule has 1 unspecified atom stereocenters. The highest BCUT2D eigenvalue weighted by molar-refractivity contribution is 5.78. The monoisotopic (exact) mass is 213 g/mol. The van der Waals surface area contributed by atoms with Crippen LogP contribution in [-0.2, 0) is 9.63 Å². The van der Waals surface area contributed by atoms with Crippen LogP contribution in [0.25, 0.3) is 0 Å². The second-order valence-electron chi connectivity index (χ2n) is 5.52. The summed E-state index contributed by atoms with van der Waals surface area (Å²) in [6, 6.07) is 0. The highest BCUT2D eigenvalue weighted by Crippen LogP contribution is 2.57. The number of carbonyl (C=O) groups excluding carboxylic acids is 1. The third-order valence-electron chi connectivity index (χ3n) is 4.21. The highest BCUT2D eigenvalue weighted by Gasteiger charge is 2.56. The van der Waals surface area contributed by atoms with Crippen molar-refractivity contribution in [1.82, 2.24) is 0 Å². The van der Waals surface area contributed by atoms with Gasteiger partial charge in [0.1, 0.15) is 0 Å². The summed E-state index contributed by atoms with van der Waals surface area (Å²) in [6.45, 7) is 8.44. The quantitative estimate of drug-likeness (QED) is 0.714. The molecule has 1 rings (SSSR count). The molecule has 0 radical (unpaired) electrons. The van der Waals surface area contributed by atoms with Gasteiger partial charge in [-0.05, 0) is 37.5 Å². The maximum atomic E-state index is 11.9. The Balaban J connectivity index is 2.94. The van der Waals surface area contributed by atoms with Gasteiger partial charge in [-0.1, -0.05) is 27.2 Å². The van der Waals surface area contributed by atoms with Crippen LogP contribution in [0.5, 0.6) is 0 Å². The van der Waals surface area contributed by atoms with Crippen molar-refractivity contribution in [3.8, 4) is 0 Å². The molecule has 0 aliphatic heterocycles. The molecule has 0 saturated heterocycles. The van der Waals surface area contributed by atoms with E-state index in [4.69, 9.17) is 5.90 Å². The van der Waals surface area contributed by atoms with Crippen LogP contribution in [0.1, 0.15) is 53.4 Å². The summed E-state index contributed by atoms with van der Waals surface area (Å²) in [5.74, 6) is 5.27. The highest BCUT2D eigenvalue weighted by atomic mass is 16.7. The molecule has 0 aromatic heterocycles. The summed E-state index contributed by atoms with van der Waals surface area (Å²) in [7, 11) is 0. The van der Waals surface area contributed by atoms with Crippen LogP contribution in [0.3, 0.4) is 0 Å². The van der Waals surface area contributed by atoms with E-state index >= 15 is 0 Å². The smallest absolute Gasteiger partial charge is 0.331 e. The summed E-state index contributed by atoms with van der Waals surface area (Å²) in [4.78, 5) is 16.4. The zero-order valence-electron chi connectivity index (χ0n) is 10.3. The fraction of sp³-hybridized carbons (Fsp3) is 0.917. The minimum atomic E-state index is -0.419. The van der Waals surface area contributed by atoms with Crippen LogP contribution in [0, 0.1) is 16.7 Å². The van der Waals surface area contributed by atoms with Gasteiger partial charge in [-0.15, -0.1) is 0 Å². The fourth-order valence-electron chi connectivity index (χ4n) is 2.66. The molecular formula is C12H23NO2. The molecule has 0 aromatic carbocycles. The van der Waals surface area contributed by atoms with Crippen molar-refractivity contribution in [3.63, 3.8) is 0 Å². The van der Waals surface area contributed by atoms with E-state index in [-0.39, 0.29) is 11.4 Å². The number of carbonyl (C=O) groups is 1. The maximum absolute atomic E-state index is 11.9. The van der Waals surface area contributed by atoms with Crippen LogP contribution in [-0.4, -0.2) is 5.97 Å². The molecule has 1 saturated carbocycles. The van der Waals surface area contributed by atoms with Gasteiger partial charge in [-0.2, -0.15) is 5.90 Å². The zero-order chi connectivity index (χ0) is 11.7. The summed E-state index contributed by atoms with van der Waals surface area (Å²) in [5, 5.41) is 0. The Morgan fingerprint density at radius 1 is 1.40 bits per heavy atom. The largest absolute Gasteiger partial charge is 0.373 e. The summed E-state index contributed by atoms with van der Waals surface area (Å²) >= 11 is 0. The summed E-state index contributed by atoms with van der Waals surface area (Å²) < 4.78 is 0. The van der Waals surface area contributed by atoms with Gasteiger partial charge in [-0.3, -0.25) is 0 Å². The Kier molecular flexibility index (Phi) is 3.44. The number of rotatable bonds is 5. The lowest BCUT2D eigenvalue weighted by molar-refractivity contribution is -0.166. The normalized spacial score (nSPS) is 20.9. The topological polar surface area (TPSA) is 52.3 Å². The van der Waals surface area contributed by atoms with Crippen LogP contribution in [0.15, 0.2) is 0 Å². The molecule has 0 heterocycles. The van der Waals surface area contributed by atoms with Gasteiger partial charge in [0.15, 0.2) is 0 Å². The molecular weight excluding hydrogens is 190 g/mol. The lowest BCUT2D eigenvalue weighted by atomic mass is 9.61.